The van der Waals surface area contributed by atoms with Gasteiger partial charge in [0.1, 0.15) is 11.8 Å². The van der Waals surface area contributed by atoms with Gasteiger partial charge in [0.25, 0.3) is 0 Å². The van der Waals surface area contributed by atoms with Crippen LogP contribution in [0.25, 0.3) is 0 Å². The van der Waals surface area contributed by atoms with Gasteiger partial charge in [-0.2, -0.15) is 5.26 Å². The van der Waals surface area contributed by atoms with Crippen molar-refractivity contribution in [2.75, 3.05) is 0 Å². The second-order valence-electron chi connectivity index (χ2n) is 2.20. The average molecular weight is 197 g/mol. The number of benzene rings is 1. The van der Waals surface area contributed by atoms with Gasteiger partial charge in [-0.05, 0) is 18.2 Å². The van der Waals surface area contributed by atoms with Crippen molar-refractivity contribution in [3.8, 4) is 11.8 Å². The third kappa shape index (κ3) is 2.63. The van der Waals surface area contributed by atoms with Gasteiger partial charge in [0.15, 0.2) is 0 Å². The molecule has 1 aromatic rings. The molecule has 6 heteroatoms. The molecular weight excluding hydrogens is 192 g/mol. The summed E-state index contributed by atoms with van der Waals surface area (Å²) >= 11 is 5.60. The van der Waals surface area contributed by atoms with E-state index in [0.29, 0.717) is 5.02 Å². The molecule has 0 aromatic heterocycles. The van der Waals surface area contributed by atoms with E-state index in [9.17, 15) is 0 Å². The third-order valence-electron chi connectivity index (χ3n) is 1.30. The smallest absolute Gasteiger partial charge is 0.511 e. The lowest BCUT2D eigenvalue weighted by molar-refractivity contribution is 0.288. The summed E-state index contributed by atoms with van der Waals surface area (Å²) in [6.45, 7) is 0. The zero-order valence-corrected chi connectivity index (χ0v) is 7.19. The van der Waals surface area contributed by atoms with E-state index in [4.69, 9.17) is 26.9 Å². The first kappa shape index (κ1) is 9.87. The normalized spacial score (nSPS) is 9.08. The third-order valence-corrected chi connectivity index (χ3v) is 1.53. The second-order valence-corrected chi connectivity index (χ2v) is 2.63. The summed E-state index contributed by atoms with van der Waals surface area (Å²) in [6, 6.07) is 6.10. The molecule has 0 spiro atoms. The lowest BCUT2D eigenvalue weighted by Crippen LogP contribution is -2.21. The molecule has 0 aliphatic rings. The zero-order chi connectivity index (χ0) is 9.84. The summed E-state index contributed by atoms with van der Waals surface area (Å²) in [7, 11) is -1.95. The Bertz CT molecular complexity index is 350. The topological polar surface area (TPSA) is 73.5 Å². The average Bonchev–Trinajstić information content (AvgIpc) is 2.03. The van der Waals surface area contributed by atoms with Crippen LogP contribution in [0.15, 0.2) is 18.2 Å². The van der Waals surface area contributed by atoms with Crippen LogP contribution in [-0.4, -0.2) is 17.4 Å². The van der Waals surface area contributed by atoms with Gasteiger partial charge >= 0.3 is 7.32 Å². The number of halogens is 1. The molecule has 0 aliphatic carbocycles. The summed E-state index contributed by atoms with van der Waals surface area (Å²) in [4.78, 5) is 0. The molecule has 0 unspecified atom stereocenters. The fourth-order valence-electron chi connectivity index (χ4n) is 0.800. The first-order valence-corrected chi connectivity index (χ1v) is 3.73. The van der Waals surface area contributed by atoms with E-state index in [1.54, 1.807) is 0 Å². The van der Waals surface area contributed by atoms with Gasteiger partial charge in [-0.25, -0.2) is 0 Å². The molecule has 2 N–H and O–H groups in total. The van der Waals surface area contributed by atoms with Gasteiger partial charge in [-0.15, -0.1) is 0 Å². The number of rotatable bonds is 2. The van der Waals surface area contributed by atoms with Crippen molar-refractivity contribution in [3.63, 3.8) is 0 Å². The van der Waals surface area contributed by atoms with Crippen LogP contribution in [-0.2, 0) is 0 Å². The molecule has 0 amide bonds. The molecule has 13 heavy (non-hydrogen) atoms. The van der Waals surface area contributed by atoms with E-state index >= 15 is 0 Å². The number of hydrogen-bond donors (Lipinski definition) is 2. The van der Waals surface area contributed by atoms with Gasteiger partial charge in [0, 0.05) is 5.02 Å². The number of hydrogen-bond acceptors (Lipinski definition) is 4. The van der Waals surface area contributed by atoms with Crippen molar-refractivity contribution in [2.24, 2.45) is 0 Å². The lowest BCUT2D eigenvalue weighted by Gasteiger charge is -2.05. The molecular formula is C7H5BClNO3. The summed E-state index contributed by atoms with van der Waals surface area (Å²) in [5, 5.41) is 25.9. The van der Waals surface area contributed by atoms with Crippen molar-refractivity contribution < 1.29 is 14.7 Å². The predicted octanol–water partition coefficient (Wildman–Crippen LogP) is 0.560. The fourth-order valence-corrected chi connectivity index (χ4v) is 0.962. The highest BCUT2D eigenvalue weighted by Gasteiger charge is 2.14. The fraction of sp³-hybridized carbons (Fsp3) is 0. The van der Waals surface area contributed by atoms with Crippen molar-refractivity contribution in [1.29, 1.82) is 5.26 Å². The first-order chi connectivity index (χ1) is 6.13. The Morgan fingerprint density at radius 1 is 1.46 bits per heavy atom. The highest BCUT2D eigenvalue weighted by Crippen LogP contribution is 2.22. The van der Waals surface area contributed by atoms with E-state index in [2.05, 4.69) is 4.65 Å². The molecule has 1 rings (SSSR count). The molecule has 0 saturated carbocycles. The van der Waals surface area contributed by atoms with E-state index in [1.807, 2.05) is 6.07 Å². The van der Waals surface area contributed by atoms with Crippen LogP contribution in [0.4, 0.5) is 0 Å². The Labute approximate surface area is 80.1 Å². The van der Waals surface area contributed by atoms with E-state index in [-0.39, 0.29) is 11.3 Å². The van der Waals surface area contributed by atoms with E-state index < -0.39 is 7.32 Å². The molecule has 0 fully saturated rings. The van der Waals surface area contributed by atoms with Crippen molar-refractivity contribution in [3.05, 3.63) is 28.8 Å². The summed E-state index contributed by atoms with van der Waals surface area (Å²) in [5.74, 6) is 0.0463. The molecule has 0 atom stereocenters. The SMILES string of the molecule is N#Cc1ccc(Cl)cc1OB(O)O. The molecule has 0 radical (unpaired) electrons. The van der Waals surface area contributed by atoms with Crippen LogP contribution in [0.2, 0.25) is 5.02 Å². The molecule has 1 aromatic carbocycles. The van der Waals surface area contributed by atoms with Crippen LogP contribution in [0.5, 0.6) is 5.75 Å². The largest absolute Gasteiger partial charge is 0.707 e. The standard InChI is InChI=1S/C7H5BClNO3/c9-6-2-1-5(4-10)7(3-6)13-8(11)12/h1-3,11-12H. The Balaban J connectivity index is 3.03. The number of nitrogens with zero attached hydrogens (tertiary/aromatic N) is 1. The zero-order valence-electron chi connectivity index (χ0n) is 6.44. The molecule has 0 aliphatic heterocycles. The van der Waals surface area contributed by atoms with Crippen LogP contribution in [0.1, 0.15) is 5.56 Å². The lowest BCUT2D eigenvalue weighted by atomic mass is 10.2. The maximum atomic E-state index is 8.59. The molecule has 0 saturated heterocycles. The molecule has 0 heterocycles. The van der Waals surface area contributed by atoms with Crippen molar-refractivity contribution in [1.82, 2.24) is 0 Å². The van der Waals surface area contributed by atoms with Crippen LogP contribution < -0.4 is 4.65 Å². The van der Waals surface area contributed by atoms with Crippen molar-refractivity contribution in [2.45, 2.75) is 0 Å². The molecule has 4 nitrogen and oxygen atoms in total. The predicted molar refractivity (Wildman–Crippen MR) is 47.0 cm³/mol. The van der Waals surface area contributed by atoms with Crippen molar-refractivity contribution >= 4 is 18.9 Å². The molecule has 66 valence electrons. The number of nitriles is 1. The Morgan fingerprint density at radius 3 is 2.69 bits per heavy atom. The molecule has 0 bridgehead atoms. The maximum absolute atomic E-state index is 8.59. The highest BCUT2D eigenvalue weighted by atomic mass is 35.5. The Kier molecular flexibility index (Phi) is 3.15. The van der Waals surface area contributed by atoms with Gasteiger partial charge in [0.05, 0.1) is 5.56 Å². The first-order valence-electron chi connectivity index (χ1n) is 3.36. The quantitative estimate of drug-likeness (QED) is 0.680. The van der Waals surface area contributed by atoms with Gasteiger partial charge in [-0.3, -0.25) is 0 Å². The second kappa shape index (κ2) is 4.14. The monoisotopic (exact) mass is 197 g/mol. The van der Waals surface area contributed by atoms with Crippen LogP contribution in [0, 0.1) is 11.3 Å². The maximum Gasteiger partial charge on any atom is 0.707 e. The van der Waals surface area contributed by atoms with Gasteiger partial charge in [-0.1, -0.05) is 11.6 Å². The van der Waals surface area contributed by atoms with E-state index in [0.717, 1.165) is 0 Å². The Morgan fingerprint density at radius 2 is 2.15 bits per heavy atom. The van der Waals surface area contributed by atoms with Crippen LogP contribution >= 0.6 is 11.6 Å². The minimum Gasteiger partial charge on any atom is -0.511 e. The van der Waals surface area contributed by atoms with Gasteiger partial charge < -0.3 is 14.7 Å². The summed E-state index contributed by atoms with van der Waals surface area (Å²) in [6.07, 6.45) is 0. The minimum absolute atomic E-state index is 0.0463. The van der Waals surface area contributed by atoms with Gasteiger partial charge in [0.2, 0.25) is 0 Å². The summed E-state index contributed by atoms with van der Waals surface area (Å²) in [5.41, 5.74) is 0.192. The van der Waals surface area contributed by atoms with Crippen LogP contribution in [0.3, 0.4) is 0 Å². The summed E-state index contributed by atoms with van der Waals surface area (Å²) < 4.78 is 4.52. The highest BCUT2D eigenvalue weighted by molar-refractivity contribution is 6.34. The minimum atomic E-state index is -1.95. The Hall–Kier alpha value is -1.22. The van der Waals surface area contributed by atoms with E-state index in [1.165, 1.54) is 18.2 Å².